The van der Waals surface area contributed by atoms with Crippen LogP contribution in [0.5, 0.6) is 0 Å². The first-order chi connectivity index (χ1) is 7.97. The summed E-state index contributed by atoms with van der Waals surface area (Å²) in [5.41, 5.74) is 1.12. The molecule has 0 aromatic heterocycles. The van der Waals surface area contributed by atoms with Crippen molar-refractivity contribution in [2.45, 2.75) is 6.92 Å². The molecule has 0 aliphatic rings. The second kappa shape index (κ2) is 6.03. The zero-order valence-corrected chi connectivity index (χ0v) is 11.9. The van der Waals surface area contributed by atoms with E-state index in [2.05, 4.69) is 29.1 Å². The van der Waals surface area contributed by atoms with Gasteiger partial charge in [-0.3, -0.25) is 4.79 Å². The Bertz CT molecular complexity index is 470. The summed E-state index contributed by atoms with van der Waals surface area (Å²) in [5.74, 6) is -0.158. The molecule has 0 saturated carbocycles. The van der Waals surface area contributed by atoms with E-state index in [0.29, 0.717) is 22.8 Å². The van der Waals surface area contributed by atoms with Gasteiger partial charge in [0, 0.05) is 16.6 Å². The standard InChI is InChI=1S/C13H13BrClNO/c1-4-7-16(13(17)9(2)3)12-6-5-10(14)8-11(12)15/h4-6,8H,1-2,7H2,3H3. The largest absolute Gasteiger partial charge is 0.303 e. The summed E-state index contributed by atoms with van der Waals surface area (Å²) in [5, 5.41) is 0.510. The predicted molar refractivity (Wildman–Crippen MR) is 76.5 cm³/mol. The highest BCUT2D eigenvalue weighted by Crippen LogP contribution is 2.29. The van der Waals surface area contributed by atoms with E-state index < -0.39 is 0 Å². The number of hydrogen-bond donors (Lipinski definition) is 0. The van der Waals surface area contributed by atoms with Crippen LogP contribution in [0.1, 0.15) is 6.92 Å². The molecule has 0 radical (unpaired) electrons. The summed E-state index contributed by atoms with van der Waals surface area (Å²) in [6.07, 6.45) is 1.65. The first-order valence-corrected chi connectivity index (χ1v) is 6.17. The van der Waals surface area contributed by atoms with Crippen LogP contribution in [0.15, 0.2) is 47.5 Å². The van der Waals surface area contributed by atoms with Crippen molar-refractivity contribution in [1.82, 2.24) is 0 Å². The van der Waals surface area contributed by atoms with Gasteiger partial charge in [0.1, 0.15) is 0 Å². The smallest absolute Gasteiger partial charge is 0.253 e. The lowest BCUT2D eigenvalue weighted by Crippen LogP contribution is -2.31. The van der Waals surface area contributed by atoms with Crippen molar-refractivity contribution in [3.8, 4) is 0 Å². The Kier molecular flexibility index (Phi) is 4.97. The second-order valence-electron chi connectivity index (χ2n) is 3.58. The van der Waals surface area contributed by atoms with Gasteiger partial charge in [-0.1, -0.05) is 40.2 Å². The number of amides is 1. The number of nitrogens with zero attached hydrogens (tertiary/aromatic N) is 1. The minimum atomic E-state index is -0.158. The quantitative estimate of drug-likeness (QED) is 0.602. The summed E-state index contributed by atoms with van der Waals surface area (Å²) >= 11 is 9.45. The number of rotatable bonds is 4. The van der Waals surface area contributed by atoms with Gasteiger partial charge < -0.3 is 4.90 Å². The molecule has 4 heteroatoms. The second-order valence-corrected chi connectivity index (χ2v) is 4.90. The van der Waals surface area contributed by atoms with Gasteiger partial charge in [0.15, 0.2) is 0 Å². The molecule has 0 saturated heterocycles. The molecule has 0 spiro atoms. The van der Waals surface area contributed by atoms with Crippen molar-refractivity contribution in [3.63, 3.8) is 0 Å². The van der Waals surface area contributed by atoms with Crippen molar-refractivity contribution in [2.75, 3.05) is 11.4 Å². The Morgan fingerprint density at radius 3 is 2.71 bits per heavy atom. The fourth-order valence-electron chi connectivity index (χ4n) is 1.35. The summed E-state index contributed by atoms with van der Waals surface area (Å²) in [4.78, 5) is 13.5. The first-order valence-electron chi connectivity index (χ1n) is 5.00. The highest BCUT2D eigenvalue weighted by Gasteiger charge is 2.17. The van der Waals surface area contributed by atoms with Gasteiger partial charge in [-0.25, -0.2) is 0 Å². The average molecular weight is 315 g/mol. The SMILES string of the molecule is C=CCN(C(=O)C(=C)C)c1ccc(Br)cc1Cl. The van der Waals surface area contributed by atoms with Crippen LogP contribution in [-0.4, -0.2) is 12.5 Å². The van der Waals surface area contributed by atoms with Gasteiger partial charge in [-0.2, -0.15) is 0 Å². The first kappa shape index (κ1) is 14.0. The van der Waals surface area contributed by atoms with E-state index in [4.69, 9.17) is 11.6 Å². The average Bonchev–Trinajstić information content (AvgIpc) is 2.26. The molecule has 0 atom stereocenters. The molecular weight excluding hydrogens is 302 g/mol. The fourth-order valence-corrected chi connectivity index (χ4v) is 2.13. The third-order valence-electron chi connectivity index (χ3n) is 2.12. The van der Waals surface area contributed by atoms with Crippen molar-refractivity contribution >= 4 is 39.1 Å². The van der Waals surface area contributed by atoms with E-state index in [1.807, 2.05) is 6.07 Å². The lowest BCUT2D eigenvalue weighted by Gasteiger charge is -2.22. The fraction of sp³-hybridized carbons (Fsp3) is 0.154. The van der Waals surface area contributed by atoms with Crippen LogP contribution in [0, 0.1) is 0 Å². The maximum Gasteiger partial charge on any atom is 0.253 e. The zero-order chi connectivity index (χ0) is 13.0. The normalized spacial score (nSPS) is 9.82. The van der Waals surface area contributed by atoms with Gasteiger partial charge in [-0.15, -0.1) is 6.58 Å². The minimum Gasteiger partial charge on any atom is -0.303 e. The Morgan fingerprint density at radius 1 is 1.59 bits per heavy atom. The van der Waals surface area contributed by atoms with Crippen LogP contribution in [-0.2, 0) is 4.79 Å². The van der Waals surface area contributed by atoms with E-state index in [1.165, 1.54) is 0 Å². The number of carbonyl (C=O) groups is 1. The van der Waals surface area contributed by atoms with Crippen molar-refractivity contribution in [1.29, 1.82) is 0 Å². The van der Waals surface area contributed by atoms with E-state index in [9.17, 15) is 4.79 Å². The molecule has 1 amide bonds. The molecule has 17 heavy (non-hydrogen) atoms. The Balaban J connectivity index is 3.18. The highest BCUT2D eigenvalue weighted by atomic mass is 79.9. The van der Waals surface area contributed by atoms with Gasteiger partial charge in [0.25, 0.3) is 5.91 Å². The molecular formula is C13H13BrClNO. The van der Waals surface area contributed by atoms with Crippen molar-refractivity contribution < 1.29 is 4.79 Å². The number of anilines is 1. The summed E-state index contributed by atoms with van der Waals surface area (Å²) in [6, 6.07) is 5.37. The third-order valence-corrected chi connectivity index (χ3v) is 2.92. The van der Waals surface area contributed by atoms with Crippen LogP contribution in [0.25, 0.3) is 0 Å². The van der Waals surface area contributed by atoms with Crippen LogP contribution < -0.4 is 4.90 Å². The predicted octanol–water partition coefficient (Wildman–Crippen LogP) is 4.20. The van der Waals surface area contributed by atoms with Gasteiger partial charge in [0.2, 0.25) is 0 Å². The van der Waals surface area contributed by atoms with Gasteiger partial charge in [0.05, 0.1) is 10.7 Å². The maximum atomic E-state index is 12.0. The van der Waals surface area contributed by atoms with E-state index in [1.54, 1.807) is 30.0 Å². The van der Waals surface area contributed by atoms with Crippen molar-refractivity contribution in [2.24, 2.45) is 0 Å². The van der Waals surface area contributed by atoms with Gasteiger partial charge in [-0.05, 0) is 25.1 Å². The Labute approximate surface area is 115 Å². The van der Waals surface area contributed by atoms with Crippen LogP contribution in [0.4, 0.5) is 5.69 Å². The highest BCUT2D eigenvalue weighted by molar-refractivity contribution is 9.10. The molecule has 0 aliphatic carbocycles. The molecule has 0 bridgehead atoms. The van der Waals surface area contributed by atoms with Gasteiger partial charge >= 0.3 is 0 Å². The molecule has 0 N–H and O–H groups in total. The minimum absolute atomic E-state index is 0.158. The third kappa shape index (κ3) is 3.45. The lowest BCUT2D eigenvalue weighted by atomic mass is 10.2. The topological polar surface area (TPSA) is 20.3 Å². The number of carbonyl (C=O) groups excluding carboxylic acids is 1. The Morgan fingerprint density at radius 2 is 2.24 bits per heavy atom. The van der Waals surface area contributed by atoms with Crippen molar-refractivity contribution in [3.05, 3.63) is 52.5 Å². The molecule has 2 nitrogen and oxygen atoms in total. The molecule has 1 aromatic rings. The molecule has 1 aromatic carbocycles. The Hall–Kier alpha value is -1.06. The molecule has 0 heterocycles. The summed E-state index contributed by atoms with van der Waals surface area (Å²) < 4.78 is 0.868. The number of halogens is 2. The summed E-state index contributed by atoms with van der Waals surface area (Å²) in [7, 11) is 0. The molecule has 90 valence electrons. The molecule has 0 unspecified atom stereocenters. The van der Waals surface area contributed by atoms with Crippen LogP contribution in [0.3, 0.4) is 0 Å². The molecule has 0 fully saturated rings. The van der Waals surface area contributed by atoms with Crippen LogP contribution in [0.2, 0.25) is 5.02 Å². The van der Waals surface area contributed by atoms with E-state index >= 15 is 0 Å². The number of hydrogen-bond acceptors (Lipinski definition) is 1. The lowest BCUT2D eigenvalue weighted by molar-refractivity contribution is -0.115. The van der Waals surface area contributed by atoms with E-state index in [0.717, 1.165) is 4.47 Å². The molecule has 1 rings (SSSR count). The zero-order valence-electron chi connectivity index (χ0n) is 9.54. The maximum absolute atomic E-state index is 12.0. The molecule has 0 aliphatic heterocycles. The summed E-state index contributed by atoms with van der Waals surface area (Å²) in [6.45, 7) is 9.36. The van der Waals surface area contributed by atoms with Crippen LogP contribution >= 0.6 is 27.5 Å². The van der Waals surface area contributed by atoms with E-state index in [-0.39, 0.29) is 5.91 Å². The number of benzene rings is 1. The monoisotopic (exact) mass is 313 g/mol.